The number of halogens is 1. The van der Waals surface area contributed by atoms with Crippen molar-refractivity contribution in [3.63, 3.8) is 0 Å². The first-order chi connectivity index (χ1) is 11.1. The lowest BCUT2D eigenvalue weighted by atomic mass is 10.2. The number of amides is 1. The molecule has 0 unspecified atom stereocenters. The third kappa shape index (κ3) is 5.49. The monoisotopic (exact) mass is 333 g/mol. The number of rotatable bonds is 7. The van der Waals surface area contributed by atoms with Crippen LogP contribution in [-0.4, -0.2) is 31.1 Å². The van der Waals surface area contributed by atoms with E-state index in [1.54, 1.807) is 36.2 Å². The van der Waals surface area contributed by atoms with Crippen molar-refractivity contribution in [2.24, 2.45) is 0 Å². The van der Waals surface area contributed by atoms with Gasteiger partial charge in [-0.25, -0.2) is 0 Å². The summed E-state index contributed by atoms with van der Waals surface area (Å²) in [5, 5.41) is 0.581. The molecule has 2 aromatic rings. The highest BCUT2D eigenvalue weighted by atomic mass is 35.5. The zero-order valence-electron chi connectivity index (χ0n) is 13.3. The van der Waals surface area contributed by atoms with Crippen molar-refractivity contribution in [3.05, 3.63) is 59.1 Å². The highest BCUT2D eigenvalue weighted by molar-refractivity contribution is 6.30. The number of carbonyl (C=O) groups is 1. The molecule has 2 rings (SSSR count). The van der Waals surface area contributed by atoms with Gasteiger partial charge in [-0.1, -0.05) is 29.8 Å². The molecule has 0 aliphatic carbocycles. The summed E-state index contributed by atoms with van der Waals surface area (Å²) in [5.41, 5.74) is 1.03. The van der Waals surface area contributed by atoms with E-state index in [2.05, 4.69) is 0 Å². The first-order valence-electron chi connectivity index (χ1n) is 7.42. The predicted octanol–water partition coefficient (Wildman–Crippen LogP) is 3.78. The van der Waals surface area contributed by atoms with Gasteiger partial charge in [-0.2, -0.15) is 0 Å². The van der Waals surface area contributed by atoms with Crippen LogP contribution in [0.5, 0.6) is 11.5 Å². The topological polar surface area (TPSA) is 38.8 Å². The molecule has 0 radical (unpaired) electrons. The molecule has 0 spiro atoms. The number of hydrogen-bond acceptors (Lipinski definition) is 3. The summed E-state index contributed by atoms with van der Waals surface area (Å²) in [6.45, 7) is 3.08. The molecule has 0 heterocycles. The Hall–Kier alpha value is -2.20. The number of carbonyl (C=O) groups excluding carboxylic acids is 1. The first-order valence-corrected chi connectivity index (χ1v) is 7.80. The van der Waals surface area contributed by atoms with Crippen LogP contribution in [0.2, 0.25) is 5.02 Å². The molecule has 5 heteroatoms. The van der Waals surface area contributed by atoms with Crippen LogP contribution in [0.15, 0.2) is 48.5 Å². The van der Waals surface area contributed by atoms with E-state index in [0.717, 1.165) is 11.3 Å². The van der Waals surface area contributed by atoms with Crippen LogP contribution >= 0.6 is 11.6 Å². The van der Waals surface area contributed by atoms with Gasteiger partial charge in [-0.05, 0) is 42.8 Å². The number of ether oxygens (including phenoxy) is 2. The van der Waals surface area contributed by atoms with E-state index in [-0.39, 0.29) is 12.5 Å². The molecule has 0 N–H and O–H groups in total. The number of hydrogen-bond donors (Lipinski definition) is 0. The second kappa shape index (κ2) is 8.44. The lowest BCUT2D eigenvalue weighted by molar-refractivity contribution is -0.132. The quantitative estimate of drug-likeness (QED) is 0.774. The minimum Gasteiger partial charge on any atom is -0.494 e. The van der Waals surface area contributed by atoms with Crippen molar-refractivity contribution in [2.45, 2.75) is 13.5 Å². The Balaban J connectivity index is 1.84. The van der Waals surface area contributed by atoms with E-state index in [1.165, 1.54) is 0 Å². The van der Waals surface area contributed by atoms with Crippen molar-refractivity contribution in [1.29, 1.82) is 0 Å². The Labute approximate surface area is 141 Å². The molecule has 4 nitrogen and oxygen atoms in total. The fraction of sp³-hybridized carbons (Fsp3) is 0.278. The van der Waals surface area contributed by atoms with Crippen molar-refractivity contribution in [1.82, 2.24) is 4.90 Å². The molecule has 1 amide bonds. The zero-order valence-corrected chi connectivity index (χ0v) is 14.0. The molecular formula is C18H20ClNO3. The maximum Gasteiger partial charge on any atom is 0.260 e. The molecule has 0 aliphatic heterocycles. The molecule has 0 aromatic heterocycles. The van der Waals surface area contributed by atoms with Gasteiger partial charge >= 0.3 is 0 Å². The molecule has 0 saturated heterocycles. The summed E-state index contributed by atoms with van der Waals surface area (Å²) in [6, 6.07) is 14.7. The lowest BCUT2D eigenvalue weighted by Gasteiger charge is -2.18. The molecule has 2 aromatic carbocycles. The van der Waals surface area contributed by atoms with Crippen molar-refractivity contribution in [2.75, 3.05) is 20.3 Å². The average Bonchev–Trinajstić information content (AvgIpc) is 2.54. The van der Waals surface area contributed by atoms with Gasteiger partial charge in [0.1, 0.15) is 11.5 Å². The summed E-state index contributed by atoms with van der Waals surface area (Å²) in [6.07, 6.45) is 0. The first kappa shape index (κ1) is 17.2. The van der Waals surface area contributed by atoms with Gasteiger partial charge in [0.2, 0.25) is 0 Å². The second-order valence-corrected chi connectivity index (χ2v) is 5.51. The molecule has 0 bridgehead atoms. The fourth-order valence-corrected chi connectivity index (χ4v) is 2.21. The SMILES string of the molecule is CCOc1ccc(CN(C)C(=O)COc2cccc(Cl)c2)cc1. The van der Waals surface area contributed by atoms with Crippen LogP contribution < -0.4 is 9.47 Å². The van der Waals surface area contributed by atoms with Crippen LogP contribution in [0.1, 0.15) is 12.5 Å². The largest absolute Gasteiger partial charge is 0.494 e. The van der Waals surface area contributed by atoms with Gasteiger partial charge in [0, 0.05) is 18.6 Å². The van der Waals surface area contributed by atoms with E-state index in [1.807, 2.05) is 31.2 Å². The maximum atomic E-state index is 12.1. The van der Waals surface area contributed by atoms with Crippen LogP contribution in [0, 0.1) is 0 Å². The Morgan fingerprint density at radius 1 is 1.09 bits per heavy atom. The highest BCUT2D eigenvalue weighted by Gasteiger charge is 2.10. The molecular weight excluding hydrogens is 314 g/mol. The predicted molar refractivity (Wildman–Crippen MR) is 91.0 cm³/mol. The van der Waals surface area contributed by atoms with Crippen LogP contribution in [0.25, 0.3) is 0 Å². The van der Waals surface area contributed by atoms with Crippen molar-refractivity contribution >= 4 is 17.5 Å². The van der Waals surface area contributed by atoms with E-state index in [9.17, 15) is 4.79 Å². The van der Waals surface area contributed by atoms with Crippen LogP contribution in [-0.2, 0) is 11.3 Å². The number of likely N-dealkylation sites (N-methyl/N-ethyl adjacent to an activating group) is 1. The van der Waals surface area contributed by atoms with Crippen LogP contribution in [0.3, 0.4) is 0 Å². The van der Waals surface area contributed by atoms with Gasteiger partial charge in [0.25, 0.3) is 5.91 Å². The van der Waals surface area contributed by atoms with Crippen LogP contribution in [0.4, 0.5) is 0 Å². The molecule has 0 saturated carbocycles. The summed E-state index contributed by atoms with van der Waals surface area (Å²) in [5.74, 6) is 1.31. The Bertz CT molecular complexity index is 643. The minimum absolute atomic E-state index is 0.0200. The Morgan fingerprint density at radius 3 is 2.48 bits per heavy atom. The van der Waals surface area contributed by atoms with E-state index < -0.39 is 0 Å². The third-order valence-corrected chi connectivity index (χ3v) is 3.47. The van der Waals surface area contributed by atoms with Crippen molar-refractivity contribution < 1.29 is 14.3 Å². The molecule has 0 atom stereocenters. The number of benzene rings is 2. The zero-order chi connectivity index (χ0) is 16.7. The Kier molecular flexibility index (Phi) is 6.29. The summed E-state index contributed by atoms with van der Waals surface area (Å²) in [7, 11) is 1.75. The summed E-state index contributed by atoms with van der Waals surface area (Å²) >= 11 is 5.88. The van der Waals surface area contributed by atoms with E-state index >= 15 is 0 Å². The van der Waals surface area contributed by atoms with E-state index in [4.69, 9.17) is 21.1 Å². The summed E-state index contributed by atoms with van der Waals surface area (Å²) < 4.78 is 10.9. The standard InChI is InChI=1S/C18H20ClNO3/c1-3-22-16-9-7-14(8-10-16)12-20(2)18(21)13-23-17-6-4-5-15(19)11-17/h4-11H,3,12-13H2,1-2H3. The fourth-order valence-electron chi connectivity index (χ4n) is 2.03. The maximum absolute atomic E-state index is 12.1. The highest BCUT2D eigenvalue weighted by Crippen LogP contribution is 2.17. The molecule has 0 aliphatic rings. The molecule has 23 heavy (non-hydrogen) atoms. The van der Waals surface area contributed by atoms with Gasteiger partial charge in [0.15, 0.2) is 6.61 Å². The third-order valence-electron chi connectivity index (χ3n) is 3.24. The van der Waals surface area contributed by atoms with Gasteiger partial charge in [-0.3, -0.25) is 4.79 Å². The van der Waals surface area contributed by atoms with Gasteiger partial charge in [-0.15, -0.1) is 0 Å². The van der Waals surface area contributed by atoms with Gasteiger partial charge in [0.05, 0.1) is 6.61 Å². The minimum atomic E-state index is -0.0983. The van der Waals surface area contributed by atoms with Crippen molar-refractivity contribution in [3.8, 4) is 11.5 Å². The smallest absolute Gasteiger partial charge is 0.260 e. The molecule has 122 valence electrons. The van der Waals surface area contributed by atoms with E-state index in [0.29, 0.717) is 23.9 Å². The summed E-state index contributed by atoms with van der Waals surface area (Å²) in [4.78, 5) is 13.7. The van der Waals surface area contributed by atoms with Gasteiger partial charge < -0.3 is 14.4 Å². The Morgan fingerprint density at radius 2 is 1.83 bits per heavy atom. The second-order valence-electron chi connectivity index (χ2n) is 5.07. The molecule has 0 fully saturated rings. The number of nitrogens with zero attached hydrogens (tertiary/aromatic N) is 1. The normalized spacial score (nSPS) is 10.2. The average molecular weight is 334 g/mol. The lowest BCUT2D eigenvalue weighted by Crippen LogP contribution is -2.30.